The summed E-state index contributed by atoms with van der Waals surface area (Å²) >= 11 is 5.01. The summed E-state index contributed by atoms with van der Waals surface area (Å²) in [5, 5.41) is 3.14. The molecule has 0 radical (unpaired) electrons. The second-order valence-corrected chi connectivity index (χ2v) is 6.04. The van der Waals surface area contributed by atoms with Crippen molar-refractivity contribution in [3.8, 4) is 0 Å². The molecule has 26 heavy (non-hydrogen) atoms. The highest BCUT2D eigenvalue weighted by Gasteiger charge is 2.32. The largest absolute Gasteiger partial charge is 0.467 e. The first-order valence-electron chi connectivity index (χ1n) is 8.12. The highest BCUT2D eigenvalue weighted by Crippen LogP contribution is 2.26. The second-order valence-electron chi connectivity index (χ2n) is 5.67. The molecule has 0 aromatic heterocycles. The van der Waals surface area contributed by atoms with Crippen LogP contribution < -0.4 is 15.1 Å². The van der Waals surface area contributed by atoms with E-state index in [4.69, 9.17) is 26.4 Å². The highest BCUT2D eigenvalue weighted by molar-refractivity contribution is 7.80. The molecule has 2 fully saturated rings. The van der Waals surface area contributed by atoms with Gasteiger partial charge in [0.05, 0.1) is 19.6 Å². The Balaban J connectivity index is 1.56. The summed E-state index contributed by atoms with van der Waals surface area (Å²) in [6.07, 6.45) is 0.458. The molecular formula is C17H19N3O5S. The Morgan fingerprint density at radius 3 is 2.58 bits per heavy atom. The Hall–Kier alpha value is -2.81. The standard InChI is InChI=1S/C17H19N3O5S/c1-2-8-23-15(26)18-10-14-11-20(17(22)25-14)13-5-3-12(4-6-13)19-7-9-24-16(19)21/h2-6,14H,1,7-11H2,(H,18,26)/t14-/m0/s1. The van der Waals surface area contributed by atoms with Crippen molar-refractivity contribution in [2.75, 3.05) is 42.6 Å². The molecule has 2 aliphatic heterocycles. The Morgan fingerprint density at radius 1 is 1.27 bits per heavy atom. The maximum atomic E-state index is 12.1. The van der Waals surface area contributed by atoms with Crippen molar-refractivity contribution in [2.24, 2.45) is 0 Å². The highest BCUT2D eigenvalue weighted by atomic mass is 32.1. The van der Waals surface area contributed by atoms with Crippen LogP contribution in [0, 0.1) is 0 Å². The predicted octanol–water partition coefficient (Wildman–Crippen LogP) is 2.05. The third-order valence-corrected chi connectivity index (χ3v) is 4.18. The topological polar surface area (TPSA) is 80.3 Å². The minimum atomic E-state index is -0.428. The molecule has 0 bridgehead atoms. The number of rotatable bonds is 6. The van der Waals surface area contributed by atoms with Crippen LogP contribution in [-0.2, 0) is 14.2 Å². The second kappa shape index (κ2) is 8.05. The molecular weight excluding hydrogens is 358 g/mol. The van der Waals surface area contributed by atoms with E-state index in [1.807, 2.05) is 0 Å². The van der Waals surface area contributed by atoms with E-state index in [1.54, 1.807) is 35.2 Å². The van der Waals surface area contributed by atoms with Crippen molar-refractivity contribution in [3.63, 3.8) is 0 Å². The maximum absolute atomic E-state index is 12.1. The van der Waals surface area contributed by atoms with Crippen molar-refractivity contribution in [1.82, 2.24) is 5.32 Å². The zero-order chi connectivity index (χ0) is 18.5. The van der Waals surface area contributed by atoms with Crippen LogP contribution in [0.2, 0.25) is 0 Å². The number of hydrogen-bond donors (Lipinski definition) is 1. The van der Waals surface area contributed by atoms with Crippen LogP contribution in [-0.4, -0.2) is 56.3 Å². The molecule has 1 atom stereocenters. The smallest absolute Gasteiger partial charge is 0.414 e. The fraction of sp³-hybridized carbons (Fsp3) is 0.353. The van der Waals surface area contributed by atoms with Gasteiger partial charge in [0.25, 0.3) is 5.17 Å². The fourth-order valence-corrected chi connectivity index (χ4v) is 2.81. The molecule has 3 rings (SSSR count). The van der Waals surface area contributed by atoms with Gasteiger partial charge in [-0.15, -0.1) is 0 Å². The van der Waals surface area contributed by atoms with Gasteiger partial charge in [-0.1, -0.05) is 12.7 Å². The van der Waals surface area contributed by atoms with E-state index < -0.39 is 6.09 Å². The summed E-state index contributed by atoms with van der Waals surface area (Å²) in [5.74, 6) is 0. The van der Waals surface area contributed by atoms with Crippen LogP contribution in [0.3, 0.4) is 0 Å². The maximum Gasteiger partial charge on any atom is 0.414 e. The van der Waals surface area contributed by atoms with Gasteiger partial charge in [-0.2, -0.15) is 0 Å². The Bertz CT molecular complexity index is 709. The number of carbonyl (C=O) groups is 2. The van der Waals surface area contributed by atoms with Crippen LogP contribution in [0.1, 0.15) is 0 Å². The number of ether oxygens (including phenoxy) is 3. The SMILES string of the molecule is C=CCOC(=S)NC[C@H]1CN(c2ccc(N3CCOC3=O)cc2)C(=O)O1. The summed E-state index contributed by atoms with van der Waals surface area (Å²) < 4.78 is 15.4. The minimum Gasteiger partial charge on any atom is -0.467 e. The van der Waals surface area contributed by atoms with E-state index in [0.29, 0.717) is 38.5 Å². The Morgan fingerprint density at radius 2 is 1.96 bits per heavy atom. The lowest BCUT2D eigenvalue weighted by Gasteiger charge is -2.16. The number of nitrogens with zero attached hydrogens (tertiary/aromatic N) is 2. The lowest BCUT2D eigenvalue weighted by molar-refractivity contribution is 0.141. The van der Waals surface area contributed by atoms with Crippen molar-refractivity contribution in [2.45, 2.75) is 6.10 Å². The summed E-state index contributed by atoms with van der Waals surface area (Å²) in [5.41, 5.74) is 1.42. The predicted molar refractivity (Wildman–Crippen MR) is 99.5 cm³/mol. The first kappa shape index (κ1) is 18.0. The monoisotopic (exact) mass is 377 g/mol. The van der Waals surface area contributed by atoms with Gasteiger partial charge in [0.15, 0.2) is 0 Å². The number of cyclic esters (lactones) is 2. The van der Waals surface area contributed by atoms with Crippen LogP contribution in [0.15, 0.2) is 36.9 Å². The molecule has 2 aliphatic rings. The molecule has 1 aromatic rings. The number of hydrogen-bond acceptors (Lipinski definition) is 6. The van der Waals surface area contributed by atoms with E-state index in [-0.39, 0.29) is 17.4 Å². The summed E-state index contributed by atoms with van der Waals surface area (Å²) in [6, 6.07) is 7.10. The summed E-state index contributed by atoms with van der Waals surface area (Å²) in [7, 11) is 0. The van der Waals surface area contributed by atoms with E-state index in [2.05, 4.69) is 11.9 Å². The summed E-state index contributed by atoms with van der Waals surface area (Å²) in [4.78, 5) is 26.8. The van der Waals surface area contributed by atoms with Gasteiger partial charge in [0.1, 0.15) is 19.3 Å². The molecule has 9 heteroatoms. The van der Waals surface area contributed by atoms with E-state index in [0.717, 1.165) is 5.69 Å². The molecule has 1 aromatic carbocycles. The van der Waals surface area contributed by atoms with Gasteiger partial charge >= 0.3 is 12.2 Å². The lowest BCUT2D eigenvalue weighted by Crippen LogP contribution is -2.34. The molecule has 0 saturated carbocycles. The van der Waals surface area contributed by atoms with Crippen molar-refractivity contribution < 1.29 is 23.8 Å². The number of benzene rings is 1. The van der Waals surface area contributed by atoms with Gasteiger partial charge in [-0.25, -0.2) is 9.59 Å². The number of nitrogens with one attached hydrogen (secondary N) is 1. The molecule has 0 spiro atoms. The molecule has 2 saturated heterocycles. The average molecular weight is 377 g/mol. The number of anilines is 2. The van der Waals surface area contributed by atoms with Crippen LogP contribution >= 0.6 is 12.2 Å². The average Bonchev–Trinajstić information content (AvgIpc) is 3.24. The van der Waals surface area contributed by atoms with Gasteiger partial charge < -0.3 is 19.5 Å². The summed E-state index contributed by atoms with van der Waals surface area (Å²) in [6.45, 7) is 5.51. The number of carbonyl (C=O) groups excluding carboxylic acids is 2. The van der Waals surface area contributed by atoms with Crippen LogP contribution in [0.4, 0.5) is 21.0 Å². The number of amides is 2. The fourth-order valence-electron chi connectivity index (χ4n) is 2.66. The normalized spacial score (nSPS) is 19.2. The van der Waals surface area contributed by atoms with Crippen molar-refractivity contribution in [3.05, 3.63) is 36.9 Å². The molecule has 2 heterocycles. The minimum absolute atomic E-state index is 0.237. The molecule has 138 valence electrons. The van der Waals surface area contributed by atoms with E-state index in [1.165, 1.54) is 4.90 Å². The Labute approximate surface area is 156 Å². The van der Waals surface area contributed by atoms with Crippen molar-refractivity contribution in [1.29, 1.82) is 0 Å². The Kier molecular flexibility index (Phi) is 5.57. The zero-order valence-electron chi connectivity index (χ0n) is 14.1. The van der Waals surface area contributed by atoms with Gasteiger partial charge in [0.2, 0.25) is 0 Å². The third kappa shape index (κ3) is 4.05. The first-order valence-corrected chi connectivity index (χ1v) is 8.53. The van der Waals surface area contributed by atoms with E-state index >= 15 is 0 Å². The molecule has 1 N–H and O–H groups in total. The lowest BCUT2D eigenvalue weighted by atomic mass is 10.2. The molecule has 0 unspecified atom stereocenters. The van der Waals surface area contributed by atoms with Gasteiger partial charge in [0, 0.05) is 11.4 Å². The van der Waals surface area contributed by atoms with Crippen LogP contribution in [0.25, 0.3) is 0 Å². The quantitative estimate of drug-likeness (QED) is 0.600. The molecule has 2 amide bonds. The first-order chi connectivity index (χ1) is 12.6. The van der Waals surface area contributed by atoms with Crippen LogP contribution in [0.5, 0.6) is 0 Å². The van der Waals surface area contributed by atoms with Crippen molar-refractivity contribution >= 4 is 41.0 Å². The van der Waals surface area contributed by atoms with E-state index in [9.17, 15) is 9.59 Å². The third-order valence-electron chi connectivity index (χ3n) is 3.91. The van der Waals surface area contributed by atoms with Gasteiger partial charge in [-0.05, 0) is 36.5 Å². The van der Waals surface area contributed by atoms with Gasteiger partial charge in [-0.3, -0.25) is 9.80 Å². The number of thiocarbonyl (C=S) groups is 1. The molecule has 0 aliphatic carbocycles. The zero-order valence-corrected chi connectivity index (χ0v) is 14.9. The molecule has 8 nitrogen and oxygen atoms in total.